The van der Waals surface area contributed by atoms with Crippen LogP contribution in [-0.4, -0.2) is 5.43 Å². The van der Waals surface area contributed by atoms with E-state index in [1.165, 1.54) is 5.56 Å². The topological polar surface area (TPSA) is 0 Å². The Morgan fingerprint density at radius 2 is 1.58 bits per heavy atom. The van der Waals surface area contributed by atoms with E-state index in [2.05, 4.69) is 77.2 Å². The Bertz CT molecular complexity index is 768. The molecule has 0 nitrogen and oxygen atoms in total. The van der Waals surface area contributed by atoms with E-state index in [4.69, 9.17) is 0 Å². The second-order valence-corrected chi connectivity index (χ2v) is 24.4. The maximum absolute atomic E-state index is 2.57. The summed E-state index contributed by atoms with van der Waals surface area (Å²) in [7, 11) is 0. The van der Waals surface area contributed by atoms with Crippen LogP contribution in [0.1, 0.15) is 42.4 Å². The minimum absolute atomic E-state index is 0. The second kappa shape index (κ2) is 8.67. The Balaban J connectivity index is 0.00000144. The average Bonchev–Trinajstić information content (AvgIpc) is 2.99. The van der Waals surface area contributed by atoms with E-state index in [1.54, 1.807) is 22.3 Å². The van der Waals surface area contributed by atoms with Crippen LogP contribution < -0.4 is 0 Å². The number of fused-ring (bicyclic) bond motifs is 1. The van der Waals surface area contributed by atoms with Gasteiger partial charge in [0.2, 0.25) is 0 Å². The Morgan fingerprint density at radius 1 is 0.958 bits per heavy atom. The van der Waals surface area contributed by atoms with Gasteiger partial charge in [0.1, 0.15) is 0 Å². The van der Waals surface area contributed by atoms with Crippen molar-refractivity contribution < 1.29 is 20.4 Å². The van der Waals surface area contributed by atoms with Crippen molar-refractivity contribution >= 4 is 36.3 Å². The summed E-state index contributed by atoms with van der Waals surface area (Å²) in [5, 5.41) is 0. The molecule has 0 aliphatic heterocycles. The van der Waals surface area contributed by atoms with Crippen LogP contribution in [-0.2, 0) is 20.4 Å². The van der Waals surface area contributed by atoms with Gasteiger partial charge in [0.15, 0.2) is 0 Å². The molecule has 0 bridgehead atoms. The van der Waals surface area contributed by atoms with Gasteiger partial charge in [-0.25, -0.2) is 0 Å². The molecule has 0 spiro atoms. The summed E-state index contributed by atoms with van der Waals surface area (Å²) in [6.07, 6.45) is 4.93. The third-order valence-corrected chi connectivity index (χ3v) is 24.2. The number of benzene rings is 1. The van der Waals surface area contributed by atoms with Crippen LogP contribution in [0.3, 0.4) is 0 Å². The summed E-state index contributed by atoms with van der Waals surface area (Å²) < 4.78 is 2.69. The molecule has 0 N–H and O–H groups in total. The quantitative estimate of drug-likeness (QED) is 0.431. The van der Waals surface area contributed by atoms with Gasteiger partial charge in [0.25, 0.3) is 0 Å². The predicted molar refractivity (Wildman–Crippen MR) is 110 cm³/mol. The van der Waals surface area contributed by atoms with E-state index in [0.717, 1.165) is 3.63 Å². The van der Waals surface area contributed by atoms with Crippen molar-refractivity contribution in [2.24, 2.45) is 5.92 Å². The molecule has 24 heavy (non-hydrogen) atoms. The number of allylic oxidation sites excluding steroid dienone is 5. The smallest absolute Gasteiger partial charge is 0.147 e. The molecule has 0 aromatic heterocycles. The van der Waals surface area contributed by atoms with Crippen LogP contribution in [0, 0.1) is 5.92 Å². The number of hydrogen-bond donors (Lipinski definition) is 0. The van der Waals surface area contributed by atoms with E-state index >= 15 is 0 Å². The van der Waals surface area contributed by atoms with E-state index in [9.17, 15) is 0 Å². The molecule has 0 radical (unpaired) electrons. The Morgan fingerprint density at radius 3 is 2.12 bits per heavy atom. The van der Waals surface area contributed by atoms with Crippen LogP contribution in [0.4, 0.5) is 0 Å². The minimum Gasteiger partial charge on any atom is -0.147 e. The van der Waals surface area contributed by atoms with E-state index in [-0.39, 0.29) is 30.2 Å². The van der Waals surface area contributed by atoms with Crippen LogP contribution in [0.15, 0.2) is 50.3 Å². The molecule has 2 unspecified atom stereocenters. The molecule has 2 aliphatic rings. The molecular weight excluding hydrogens is 430 g/mol. The molecule has 1 aromatic carbocycles. The Hall–Kier alpha value is 0.120. The zero-order chi connectivity index (χ0) is 16.0. The first-order valence-electron chi connectivity index (χ1n) is 8.26. The fraction of sp³-hybridized carbons (Fsp3) is 0.400. The van der Waals surface area contributed by atoms with Crippen molar-refractivity contribution in [1.29, 1.82) is 0 Å². The number of rotatable bonds is 2. The van der Waals surface area contributed by atoms with Crippen molar-refractivity contribution in [2.75, 3.05) is 0 Å². The fourth-order valence-electron chi connectivity index (χ4n) is 4.05. The van der Waals surface area contributed by atoms with E-state index in [1.807, 2.05) is 3.28 Å². The molecule has 1 aromatic rings. The molecule has 0 saturated heterocycles. The van der Waals surface area contributed by atoms with Gasteiger partial charge in [0, 0.05) is 0 Å². The van der Waals surface area contributed by atoms with Gasteiger partial charge in [-0.05, 0) is 0 Å². The summed E-state index contributed by atoms with van der Waals surface area (Å²) in [5.41, 5.74) is 7.73. The molecule has 4 heteroatoms. The van der Waals surface area contributed by atoms with Crippen LogP contribution in [0.2, 0.25) is 13.1 Å². The summed E-state index contributed by atoms with van der Waals surface area (Å²) >= 11 is -1.69. The van der Waals surface area contributed by atoms with Crippen LogP contribution in [0.25, 0.3) is 6.08 Å². The normalized spacial score (nSPS) is 21.4. The van der Waals surface area contributed by atoms with Gasteiger partial charge in [-0.3, -0.25) is 0 Å². The van der Waals surface area contributed by atoms with Crippen molar-refractivity contribution in [3.8, 4) is 0 Å². The van der Waals surface area contributed by atoms with Gasteiger partial charge < -0.3 is 0 Å². The maximum atomic E-state index is 2.57. The summed E-state index contributed by atoms with van der Waals surface area (Å²) in [6.45, 7) is 14.7. The van der Waals surface area contributed by atoms with E-state index < -0.39 is 20.4 Å². The molecule has 0 amide bonds. The first-order chi connectivity index (χ1) is 10.4. The molecule has 3 rings (SSSR count). The van der Waals surface area contributed by atoms with Gasteiger partial charge >= 0.3 is 144 Å². The molecule has 2 aliphatic carbocycles. The molecule has 0 saturated carbocycles. The maximum Gasteiger partial charge on any atom is -0.147 e. The standard InChI is InChI=1S/C9H7.C9H13.C2H6Si.2ClH.Zr/c1-2-5-9-7-3-6-8(9)4-1;1-6-5-7(2)9(4)8(6)3;1-3-2;;;/h1-7H;6H,1-4H3;1-2H3;2*1H;. The van der Waals surface area contributed by atoms with Gasteiger partial charge in [0.05, 0.1) is 0 Å². The first kappa shape index (κ1) is 22.2. The third kappa shape index (κ3) is 3.63. The minimum atomic E-state index is -1.69. The monoisotopic (exact) mass is 456 g/mol. The van der Waals surface area contributed by atoms with Crippen molar-refractivity contribution in [3.63, 3.8) is 0 Å². The first-order valence-corrected chi connectivity index (χ1v) is 17.1. The Kier molecular flexibility index (Phi) is 8.01. The van der Waals surface area contributed by atoms with Gasteiger partial charge in [-0.15, -0.1) is 24.8 Å². The molecule has 2 atom stereocenters. The zero-order valence-corrected chi connectivity index (χ0v) is 20.5. The third-order valence-electron chi connectivity index (χ3n) is 5.58. The Labute approximate surface area is 167 Å². The predicted octanol–water partition coefficient (Wildman–Crippen LogP) is 6.73. The zero-order valence-electron chi connectivity index (χ0n) is 15.4. The summed E-state index contributed by atoms with van der Waals surface area (Å²) in [6, 6.07) is 9.08. The average molecular weight is 459 g/mol. The van der Waals surface area contributed by atoms with Gasteiger partial charge in [-0.1, -0.05) is 0 Å². The number of halogens is 2. The second-order valence-electron chi connectivity index (χ2n) is 6.95. The molecule has 130 valence electrons. The van der Waals surface area contributed by atoms with Crippen molar-refractivity contribution in [1.82, 2.24) is 0 Å². The van der Waals surface area contributed by atoms with Crippen molar-refractivity contribution in [2.45, 2.75) is 44.4 Å². The summed E-state index contributed by atoms with van der Waals surface area (Å²) in [5.74, 6) is 0.704. The van der Waals surface area contributed by atoms with Crippen molar-refractivity contribution in [3.05, 3.63) is 61.5 Å². The van der Waals surface area contributed by atoms with Crippen LogP contribution in [0.5, 0.6) is 0 Å². The van der Waals surface area contributed by atoms with Gasteiger partial charge in [-0.2, -0.15) is 0 Å². The van der Waals surface area contributed by atoms with Crippen LogP contribution >= 0.6 is 24.8 Å². The number of hydrogen-bond acceptors (Lipinski definition) is 0. The molecule has 0 heterocycles. The largest absolute Gasteiger partial charge is 0.147 e. The summed E-state index contributed by atoms with van der Waals surface area (Å²) in [4.78, 5) is 0. The molecule has 0 fully saturated rings. The molecular formula is C20H28Cl2SiZr. The SMILES string of the molecule is CC1=C(C)C(C)[C]([Zr]([CH]2C=Cc3ccccc32)=[Si](C)C)=C1C.Cl.Cl. The van der Waals surface area contributed by atoms with E-state index in [0.29, 0.717) is 5.92 Å². The fourth-order valence-corrected chi connectivity index (χ4v) is 23.7.